The van der Waals surface area contributed by atoms with E-state index in [0.29, 0.717) is 19.5 Å². The average molecular weight is 271 g/mol. The average Bonchev–Trinajstić information content (AvgIpc) is 2.62. The van der Waals surface area contributed by atoms with Crippen LogP contribution in [0.4, 0.5) is 4.79 Å². The van der Waals surface area contributed by atoms with Crippen LogP contribution in [0.25, 0.3) is 0 Å². The van der Waals surface area contributed by atoms with Crippen LogP contribution in [0.5, 0.6) is 0 Å². The third-order valence-corrected chi connectivity index (χ3v) is 2.71. The molecule has 0 aromatic rings. The number of methoxy groups -OCH3 is 1. The smallest absolute Gasteiger partial charge is 0.409 e. The topological polar surface area (TPSA) is 72.9 Å². The summed E-state index contributed by atoms with van der Waals surface area (Å²) in [5, 5.41) is 0. The third kappa shape index (κ3) is 5.11. The van der Waals surface area contributed by atoms with E-state index < -0.39 is 18.0 Å². The molecule has 0 aromatic heterocycles. The molecule has 1 atom stereocenters. The summed E-state index contributed by atoms with van der Waals surface area (Å²) in [7, 11) is 1.29. The second-order valence-electron chi connectivity index (χ2n) is 3.77. The van der Waals surface area contributed by atoms with Crippen molar-refractivity contribution in [1.82, 2.24) is 4.90 Å². The molecule has 0 aromatic carbocycles. The van der Waals surface area contributed by atoms with Gasteiger partial charge in [0.05, 0.1) is 13.7 Å². The summed E-state index contributed by atoms with van der Waals surface area (Å²) in [5.74, 6) is -1.41. The van der Waals surface area contributed by atoms with Crippen LogP contribution in [0.3, 0.4) is 0 Å². The van der Waals surface area contributed by atoms with Gasteiger partial charge in [0.15, 0.2) is 0 Å². The van der Waals surface area contributed by atoms with Gasteiger partial charge in [0.1, 0.15) is 11.7 Å². The van der Waals surface area contributed by atoms with Gasteiger partial charge in [-0.1, -0.05) is 0 Å². The van der Waals surface area contributed by atoms with Crippen molar-refractivity contribution in [3.63, 3.8) is 0 Å². The largest absolute Gasteiger partial charge is 0.465 e. The van der Waals surface area contributed by atoms with Gasteiger partial charge in [-0.2, -0.15) is 0 Å². The molecular weight excluding hydrogens is 250 g/mol. The van der Waals surface area contributed by atoms with E-state index in [0.717, 1.165) is 0 Å². The van der Waals surface area contributed by atoms with Crippen molar-refractivity contribution in [2.75, 3.05) is 26.8 Å². The van der Waals surface area contributed by atoms with E-state index in [1.807, 2.05) is 0 Å². The van der Waals surface area contributed by atoms with Crippen LogP contribution in [0.1, 0.15) is 19.8 Å². The zero-order valence-corrected chi connectivity index (χ0v) is 11.5. The molecule has 6 nitrogen and oxygen atoms in total. The maximum Gasteiger partial charge on any atom is 0.409 e. The molecule has 0 spiro atoms. The highest BCUT2D eigenvalue weighted by atomic mass is 16.5. The van der Waals surface area contributed by atoms with Crippen molar-refractivity contribution >= 4 is 17.8 Å². The molecule has 0 aliphatic carbocycles. The van der Waals surface area contributed by atoms with E-state index in [1.165, 1.54) is 12.0 Å². The Morgan fingerprint density at radius 2 is 2.00 bits per heavy atom. The standard InChI is InChI=1S/C11H17NO5.C2H4/c1-3-17-10(14)8-4-6-12(11(15)16-2)7-5-9(8)13;1-2/h8H,3-7H2,1-2H3;1-2H2. The SMILES string of the molecule is C=C.CCOC(=O)C1CCN(C(=O)OC)CCC1=O. The van der Waals surface area contributed by atoms with Gasteiger partial charge in [-0.15, -0.1) is 13.2 Å². The second-order valence-corrected chi connectivity index (χ2v) is 3.77. The number of ketones is 1. The minimum absolute atomic E-state index is 0.165. The van der Waals surface area contributed by atoms with Crippen LogP contribution >= 0.6 is 0 Å². The number of rotatable bonds is 2. The molecule has 108 valence electrons. The van der Waals surface area contributed by atoms with Crippen LogP contribution in [0, 0.1) is 5.92 Å². The lowest BCUT2D eigenvalue weighted by Gasteiger charge is -2.17. The number of hydrogen-bond acceptors (Lipinski definition) is 5. The first-order chi connectivity index (χ1) is 9.10. The van der Waals surface area contributed by atoms with E-state index in [-0.39, 0.29) is 18.8 Å². The lowest BCUT2D eigenvalue weighted by atomic mass is 10.00. The van der Waals surface area contributed by atoms with Crippen LogP contribution in [-0.4, -0.2) is 49.6 Å². The maximum atomic E-state index is 11.7. The number of ether oxygens (including phenoxy) is 2. The van der Waals surface area contributed by atoms with Crippen molar-refractivity contribution in [3.05, 3.63) is 13.2 Å². The van der Waals surface area contributed by atoms with Gasteiger partial charge in [0, 0.05) is 19.5 Å². The van der Waals surface area contributed by atoms with Crippen molar-refractivity contribution in [2.24, 2.45) is 5.92 Å². The number of amides is 1. The van der Waals surface area contributed by atoms with E-state index in [9.17, 15) is 14.4 Å². The minimum Gasteiger partial charge on any atom is -0.465 e. The first kappa shape index (κ1) is 17.2. The molecule has 1 saturated heterocycles. The van der Waals surface area contributed by atoms with E-state index in [1.54, 1.807) is 6.92 Å². The highest BCUT2D eigenvalue weighted by Gasteiger charge is 2.32. The number of hydrogen-bond donors (Lipinski definition) is 0. The lowest BCUT2D eigenvalue weighted by molar-refractivity contribution is -0.151. The number of likely N-dealkylation sites (tertiary alicyclic amines) is 1. The number of Topliss-reactive ketones (excluding diaryl/α,β-unsaturated/α-hetero) is 1. The quantitative estimate of drug-likeness (QED) is 0.431. The highest BCUT2D eigenvalue weighted by Crippen LogP contribution is 2.16. The molecule has 1 fully saturated rings. The van der Waals surface area contributed by atoms with E-state index in [2.05, 4.69) is 17.9 Å². The van der Waals surface area contributed by atoms with Crippen molar-refractivity contribution in [1.29, 1.82) is 0 Å². The first-order valence-electron chi connectivity index (χ1n) is 6.12. The Kier molecular flexibility index (Phi) is 8.24. The second kappa shape index (κ2) is 9.13. The van der Waals surface area contributed by atoms with Gasteiger partial charge in [0.2, 0.25) is 0 Å². The van der Waals surface area contributed by atoms with Crippen molar-refractivity contribution < 1.29 is 23.9 Å². The zero-order valence-electron chi connectivity index (χ0n) is 11.5. The molecule has 1 unspecified atom stereocenters. The number of carbonyl (C=O) groups is 3. The molecule has 0 N–H and O–H groups in total. The normalized spacial score (nSPS) is 18.7. The maximum absolute atomic E-state index is 11.7. The fourth-order valence-corrected chi connectivity index (χ4v) is 1.78. The summed E-state index contributed by atoms with van der Waals surface area (Å²) in [4.78, 5) is 36.0. The van der Waals surface area contributed by atoms with Gasteiger partial charge in [-0.25, -0.2) is 4.79 Å². The van der Waals surface area contributed by atoms with Crippen LogP contribution < -0.4 is 0 Å². The number of carbonyl (C=O) groups excluding carboxylic acids is 3. The number of esters is 1. The van der Waals surface area contributed by atoms with Crippen LogP contribution in [0.15, 0.2) is 13.2 Å². The predicted octanol–water partition coefficient (Wildman–Crippen LogP) is 1.40. The highest BCUT2D eigenvalue weighted by molar-refractivity contribution is 5.99. The van der Waals surface area contributed by atoms with Crippen LogP contribution in [-0.2, 0) is 19.1 Å². The summed E-state index contributed by atoms with van der Waals surface area (Å²) < 4.78 is 9.42. The van der Waals surface area contributed by atoms with E-state index in [4.69, 9.17) is 4.74 Å². The Hall–Kier alpha value is -1.85. The Morgan fingerprint density at radius 3 is 2.53 bits per heavy atom. The Bertz CT molecular complexity index is 329. The van der Waals surface area contributed by atoms with Gasteiger partial charge >= 0.3 is 12.1 Å². The first-order valence-corrected chi connectivity index (χ1v) is 6.12. The monoisotopic (exact) mass is 271 g/mol. The fraction of sp³-hybridized carbons (Fsp3) is 0.615. The molecule has 1 rings (SSSR count). The summed E-state index contributed by atoms with van der Waals surface area (Å²) >= 11 is 0. The Labute approximate surface area is 113 Å². The van der Waals surface area contributed by atoms with Gasteiger partial charge in [-0.05, 0) is 13.3 Å². The van der Waals surface area contributed by atoms with Crippen molar-refractivity contribution in [2.45, 2.75) is 19.8 Å². The molecule has 19 heavy (non-hydrogen) atoms. The lowest BCUT2D eigenvalue weighted by Crippen LogP contribution is -2.32. The molecule has 1 aliphatic heterocycles. The summed E-state index contributed by atoms with van der Waals surface area (Å²) in [5.41, 5.74) is 0. The minimum atomic E-state index is -0.746. The molecule has 1 amide bonds. The molecular formula is C13H21NO5. The summed E-state index contributed by atoms with van der Waals surface area (Å²) in [6.07, 6.45) is -0.00645. The molecule has 0 bridgehead atoms. The molecule has 1 aliphatic rings. The Morgan fingerprint density at radius 1 is 1.37 bits per heavy atom. The van der Waals surface area contributed by atoms with Gasteiger partial charge in [-0.3, -0.25) is 9.59 Å². The molecule has 0 radical (unpaired) electrons. The fourth-order valence-electron chi connectivity index (χ4n) is 1.78. The predicted molar refractivity (Wildman–Crippen MR) is 69.6 cm³/mol. The van der Waals surface area contributed by atoms with Gasteiger partial charge < -0.3 is 14.4 Å². The van der Waals surface area contributed by atoms with Crippen molar-refractivity contribution in [3.8, 4) is 0 Å². The van der Waals surface area contributed by atoms with Crippen LogP contribution in [0.2, 0.25) is 0 Å². The Balaban J connectivity index is 0.00000154. The molecule has 1 heterocycles. The summed E-state index contributed by atoms with van der Waals surface area (Å²) in [6, 6.07) is 0. The molecule has 6 heteroatoms. The van der Waals surface area contributed by atoms with Gasteiger partial charge in [0.25, 0.3) is 0 Å². The molecule has 0 saturated carbocycles. The summed E-state index contributed by atoms with van der Waals surface area (Å²) in [6.45, 7) is 8.58. The zero-order chi connectivity index (χ0) is 14.8. The third-order valence-electron chi connectivity index (χ3n) is 2.71. The van der Waals surface area contributed by atoms with E-state index >= 15 is 0 Å². The number of nitrogens with zero attached hydrogens (tertiary/aromatic N) is 1.